The Kier molecular flexibility index (Phi) is 1.46. The van der Waals surface area contributed by atoms with Crippen molar-refractivity contribution in [1.82, 2.24) is 9.97 Å². The van der Waals surface area contributed by atoms with Crippen LogP contribution in [0.4, 0.5) is 11.8 Å². The predicted octanol–water partition coefficient (Wildman–Crippen LogP) is -0.656. The molecule has 5 heteroatoms. The molecule has 5 N–H and O–H groups in total. The Morgan fingerprint density at radius 2 is 2.33 bits per heavy atom. The lowest BCUT2D eigenvalue weighted by molar-refractivity contribution is 1.12. The highest BCUT2D eigenvalue weighted by Gasteiger charge is 1.89. The van der Waals surface area contributed by atoms with E-state index in [2.05, 4.69) is 15.4 Å². The van der Waals surface area contributed by atoms with Crippen LogP contribution in [0.1, 0.15) is 0 Å². The quantitative estimate of drug-likeness (QED) is 0.342. The molecule has 0 aliphatic heterocycles. The third-order valence-corrected chi connectivity index (χ3v) is 0.806. The van der Waals surface area contributed by atoms with Crippen LogP contribution >= 0.6 is 0 Å². The summed E-state index contributed by atoms with van der Waals surface area (Å²) in [6, 6.07) is 1.58. The summed E-state index contributed by atoms with van der Waals surface area (Å²) in [4.78, 5) is 7.45. The average Bonchev–Trinajstić information content (AvgIpc) is 1.88. The van der Waals surface area contributed by atoms with Gasteiger partial charge in [-0.05, 0) is 6.07 Å². The molecule has 0 spiro atoms. The fourth-order valence-electron chi connectivity index (χ4n) is 0.442. The average molecular weight is 125 g/mol. The summed E-state index contributed by atoms with van der Waals surface area (Å²) in [5.41, 5.74) is 7.55. The second-order valence-electron chi connectivity index (χ2n) is 1.45. The van der Waals surface area contributed by atoms with Gasteiger partial charge in [0.2, 0.25) is 5.95 Å². The summed E-state index contributed by atoms with van der Waals surface area (Å²) >= 11 is 0. The first-order valence-corrected chi connectivity index (χ1v) is 2.38. The van der Waals surface area contributed by atoms with Crippen molar-refractivity contribution in [2.24, 2.45) is 5.84 Å². The van der Waals surface area contributed by atoms with Crippen LogP contribution in [0.3, 0.4) is 0 Å². The summed E-state index contributed by atoms with van der Waals surface area (Å²) in [6.07, 6.45) is 1.53. The van der Waals surface area contributed by atoms with Crippen molar-refractivity contribution >= 4 is 11.8 Å². The first kappa shape index (κ1) is 5.77. The third kappa shape index (κ3) is 1.26. The molecule has 48 valence electrons. The highest BCUT2D eigenvalue weighted by Crippen LogP contribution is 1.97. The lowest BCUT2D eigenvalue weighted by Crippen LogP contribution is -2.10. The third-order valence-electron chi connectivity index (χ3n) is 0.806. The molecule has 5 nitrogen and oxygen atoms in total. The van der Waals surface area contributed by atoms with E-state index in [1.165, 1.54) is 6.20 Å². The van der Waals surface area contributed by atoms with Crippen LogP contribution in [0.5, 0.6) is 0 Å². The summed E-state index contributed by atoms with van der Waals surface area (Å²) < 4.78 is 0. The molecule has 0 aromatic carbocycles. The Morgan fingerprint density at radius 3 is 2.78 bits per heavy atom. The van der Waals surface area contributed by atoms with E-state index in [1.807, 2.05) is 0 Å². The Labute approximate surface area is 52.1 Å². The molecule has 1 aromatic heterocycles. The number of nitrogen functional groups attached to an aromatic ring is 2. The van der Waals surface area contributed by atoms with Crippen molar-refractivity contribution in [3.8, 4) is 0 Å². The molecule has 9 heavy (non-hydrogen) atoms. The highest BCUT2D eigenvalue weighted by atomic mass is 15.3. The summed E-state index contributed by atoms with van der Waals surface area (Å²) in [7, 11) is 0. The van der Waals surface area contributed by atoms with Gasteiger partial charge in [-0.25, -0.2) is 10.8 Å². The maximum atomic E-state index is 5.29. The van der Waals surface area contributed by atoms with Gasteiger partial charge in [-0.15, -0.1) is 0 Å². The standard InChI is InChI=1S/C4H7N5/c5-3-1-2-7-4(8-3)9-6/h1-2H,6H2,(H3,5,7,8,9). The Balaban J connectivity index is 2.94. The molecule has 0 bridgehead atoms. The minimum Gasteiger partial charge on any atom is -0.384 e. The number of nitrogens with one attached hydrogen (secondary N) is 1. The highest BCUT2D eigenvalue weighted by molar-refractivity contribution is 5.33. The number of hydrogen-bond acceptors (Lipinski definition) is 5. The molecule has 0 saturated heterocycles. The van der Waals surface area contributed by atoms with E-state index in [0.29, 0.717) is 11.8 Å². The van der Waals surface area contributed by atoms with Gasteiger partial charge in [0.1, 0.15) is 5.82 Å². The van der Waals surface area contributed by atoms with Crippen LogP contribution in [0, 0.1) is 0 Å². The molecule has 0 amide bonds. The first-order valence-electron chi connectivity index (χ1n) is 2.38. The molecule has 0 radical (unpaired) electrons. The van der Waals surface area contributed by atoms with Crippen molar-refractivity contribution in [1.29, 1.82) is 0 Å². The number of nitrogens with zero attached hydrogens (tertiary/aromatic N) is 2. The van der Waals surface area contributed by atoms with Crippen LogP contribution < -0.4 is 17.0 Å². The van der Waals surface area contributed by atoms with Gasteiger partial charge >= 0.3 is 0 Å². The number of nitrogens with two attached hydrogens (primary N) is 2. The minimum atomic E-state index is 0.329. The Bertz CT molecular complexity index is 198. The molecule has 1 aromatic rings. The Morgan fingerprint density at radius 1 is 1.56 bits per heavy atom. The van der Waals surface area contributed by atoms with Gasteiger partial charge in [0, 0.05) is 6.20 Å². The lowest BCUT2D eigenvalue weighted by atomic mass is 10.6. The normalized spacial score (nSPS) is 9.00. The van der Waals surface area contributed by atoms with Crippen molar-refractivity contribution in [3.63, 3.8) is 0 Å². The number of anilines is 2. The van der Waals surface area contributed by atoms with Crippen molar-refractivity contribution in [2.45, 2.75) is 0 Å². The summed E-state index contributed by atoms with van der Waals surface area (Å²) in [6.45, 7) is 0. The van der Waals surface area contributed by atoms with Crippen molar-refractivity contribution in [3.05, 3.63) is 12.3 Å². The summed E-state index contributed by atoms with van der Waals surface area (Å²) in [5, 5.41) is 0. The van der Waals surface area contributed by atoms with Gasteiger partial charge in [-0.2, -0.15) is 4.98 Å². The number of hydrazine groups is 1. The molecule has 1 rings (SSSR count). The van der Waals surface area contributed by atoms with Crippen LogP contribution in [0.25, 0.3) is 0 Å². The molecule has 0 unspecified atom stereocenters. The van der Waals surface area contributed by atoms with Crippen LogP contribution in [0.15, 0.2) is 12.3 Å². The minimum absolute atomic E-state index is 0.329. The van der Waals surface area contributed by atoms with E-state index in [0.717, 1.165) is 0 Å². The molecule has 0 atom stereocenters. The van der Waals surface area contributed by atoms with Gasteiger partial charge in [0.25, 0.3) is 0 Å². The van der Waals surface area contributed by atoms with Crippen LogP contribution in [-0.4, -0.2) is 9.97 Å². The van der Waals surface area contributed by atoms with Gasteiger partial charge in [0.15, 0.2) is 0 Å². The zero-order valence-electron chi connectivity index (χ0n) is 4.70. The monoisotopic (exact) mass is 125 g/mol. The van der Waals surface area contributed by atoms with Crippen LogP contribution in [-0.2, 0) is 0 Å². The van der Waals surface area contributed by atoms with Gasteiger partial charge < -0.3 is 5.73 Å². The Hall–Kier alpha value is -1.36. The molecule has 1 heterocycles. The maximum Gasteiger partial charge on any atom is 0.239 e. The fourth-order valence-corrected chi connectivity index (χ4v) is 0.442. The molecule has 0 fully saturated rings. The number of aromatic nitrogens is 2. The second-order valence-corrected chi connectivity index (χ2v) is 1.45. The van der Waals surface area contributed by atoms with Gasteiger partial charge in [-0.1, -0.05) is 0 Å². The number of rotatable bonds is 1. The second kappa shape index (κ2) is 2.27. The molecular weight excluding hydrogens is 118 g/mol. The largest absolute Gasteiger partial charge is 0.384 e. The van der Waals surface area contributed by atoms with E-state index >= 15 is 0 Å². The van der Waals surface area contributed by atoms with E-state index < -0.39 is 0 Å². The van der Waals surface area contributed by atoms with Crippen molar-refractivity contribution < 1.29 is 0 Å². The molecule has 0 aliphatic rings. The molecular formula is C4H7N5. The smallest absolute Gasteiger partial charge is 0.239 e. The predicted molar refractivity (Wildman–Crippen MR) is 34.3 cm³/mol. The maximum absolute atomic E-state index is 5.29. The van der Waals surface area contributed by atoms with Gasteiger partial charge in [0.05, 0.1) is 0 Å². The zero-order valence-corrected chi connectivity index (χ0v) is 4.70. The van der Waals surface area contributed by atoms with E-state index in [-0.39, 0.29) is 0 Å². The SMILES string of the molecule is NNc1nccc(N)n1. The first-order chi connectivity index (χ1) is 4.33. The summed E-state index contributed by atoms with van der Waals surface area (Å²) in [5.74, 6) is 5.72. The molecule has 0 aliphatic carbocycles. The zero-order chi connectivity index (χ0) is 6.69. The molecule has 0 saturated carbocycles. The van der Waals surface area contributed by atoms with E-state index in [1.54, 1.807) is 6.07 Å². The van der Waals surface area contributed by atoms with Crippen molar-refractivity contribution in [2.75, 3.05) is 11.2 Å². The fraction of sp³-hybridized carbons (Fsp3) is 0. The van der Waals surface area contributed by atoms with Gasteiger partial charge in [-0.3, -0.25) is 5.43 Å². The van der Waals surface area contributed by atoms with Crippen LogP contribution in [0.2, 0.25) is 0 Å². The van der Waals surface area contributed by atoms with E-state index in [4.69, 9.17) is 11.6 Å². The number of hydrogen-bond donors (Lipinski definition) is 3. The topological polar surface area (TPSA) is 89.8 Å². The lowest BCUT2D eigenvalue weighted by Gasteiger charge is -1.95. The van der Waals surface area contributed by atoms with E-state index in [9.17, 15) is 0 Å².